The van der Waals surface area contributed by atoms with Crippen LogP contribution in [0, 0.1) is 5.92 Å². The molecular weight excluding hydrogens is 166 g/mol. The van der Waals surface area contributed by atoms with Gasteiger partial charge in [-0.25, -0.2) is 5.32 Å². The van der Waals surface area contributed by atoms with Crippen LogP contribution in [0.25, 0.3) is 0 Å². The summed E-state index contributed by atoms with van der Waals surface area (Å²) in [5.41, 5.74) is 0. The zero-order chi connectivity index (χ0) is 9.52. The maximum atomic E-state index is 11.0. The molecule has 3 nitrogen and oxygen atoms in total. The van der Waals surface area contributed by atoms with Crippen molar-refractivity contribution in [3.05, 3.63) is 0 Å². The summed E-state index contributed by atoms with van der Waals surface area (Å²) in [4.78, 5) is 11.0. The van der Waals surface area contributed by atoms with Gasteiger partial charge in [0.2, 0.25) is 0 Å². The zero-order valence-electron chi connectivity index (χ0n) is 8.29. The normalized spacial score (nSPS) is 22.7. The third kappa shape index (κ3) is 4.27. The third-order valence-corrected chi connectivity index (χ3v) is 2.38. The first kappa shape index (κ1) is 10.5. The summed E-state index contributed by atoms with van der Waals surface area (Å²) in [6.45, 7) is 4.29. The standard InChI is InChI=1S/C10H18NO2/c1-2-13-10(12)6-5-9-4-3-7-11-8-9/h9H,2-8H2,1H3. The summed E-state index contributed by atoms with van der Waals surface area (Å²) in [5.74, 6) is 0.561. The first-order valence-electron chi connectivity index (χ1n) is 5.11. The van der Waals surface area contributed by atoms with Crippen molar-refractivity contribution in [2.75, 3.05) is 19.7 Å². The fourth-order valence-electron chi connectivity index (χ4n) is 1.65. The fraction of sp³-hybridized carbons (Fsp3) is 0.900. The number of piperidine rings is 1. The van der Waals surface area contributed by atoms with Gasteiger partial charge in [-0.2, -0.15) is 0 Å². The van der Waals surface area contributed by atoms with Gasteiger partial charge in [-0.05, 0) is 32.1 Å². The summed E-state index contributed by atoms with van der Waals surface area (Å²) in [6.07, 6.45) is 3.92. The SMILES string of the molecule is CCOC(=O)CCC1CCC[N]C1. The van der Waals surface area contributed by atoms with E-state index in [9.17, 15) is 4.79 Å². The molecule has 1 radical (unpaired) electrons. The number of nitrogens with zero attached hydrogens (tertiary/aromatic N) is 1. The Hall–Kier alpha value is -0.570. The predicted octanol–water partition coefficient (Wildman–Crippen LogP) is 1.34. The Bertz CT molecular complexity index is 153. The van der Waals surface area contributed by atoms with E-state index in [2.05, 4.69) is 5.32 Å². The Balaban J connectivity index is 2.06. The Morgan fingerprint density at radius 3 is 3.08 bits per heavy atom. The first-order chi connectivity index (χ1) is 6.33. The van der Waals surface area contributed by atoms with Gasteiger partial charge in [0.05, 0.1) is 6.61 Å². The summed E-state index contributed by atoms with van der Waals surface area (Å²) >= 11 is 0. The molecule has 13 heavy (non-hydrogen) atoms. The molecule has 0 spiro atoms. The minimum Gasteiger partial charge on any atom is -0.466 e. The smallest absolute Gasteiger partial charge is 0.305 e. The lowest BCUT2D eigenvalue weighted by atomic mass is 9.95. The minimum absolute atomic E-state index is 0.0620. The van der Waals surface area contributed by atoms with E-state index in [1.165, 1.54) is 12.8 Å². The summed E-state index contributed by atoms with van der Waals surface area (Å²) in [6, 6.07) is 0. The second kappa shape index (κ2) is 5.97. The van der Waals surface area contributed by atoms with E-state index < -0.39 is 0 Å². The van der Waals surface area contributed by atoms with Gasteiger partial charge in [0, 0.05) is 19.5 Å². The highest BCUT2D eigenvalue weighted by Crippen LogP contribution is 2.16. The molecule has 0 aliphatic carbocycles. The van der Waals surface area contributed by atoms with Crippen molar-refractivity contribution in [3.8, 4) is 0 Å². The number of carbonyl (C=O) groups excluding carboxylic acids is 1. The average Bonchev–Trinajstić information content (AvgIpc) is 2.17. The van der Waals surface area contributed by atoms with Crippen LogP contribution in [0.1, 0.15) is 32.6 Å². The van der Waals surface area contributed by atoms with Gasteiger partial charge < -0.3 is 4.74 Å². The molecule has 75 valence electrons. The van der Waals surface area contributed by atoms with E-state index in [-0.39, 0.29) is 5.97 Å². The van der Waals surface area contributed by atoms with Crippen molar-refractivity contribution in [1.29, 1.82) is 0 Å². The highest BCUT2D eigenvalue weighted by Gasteiger charge is 2.15. The molecule has 1 atom stereocenters. The fourth-order valence-corrected chi connectivity index (χ4v) is 1.65. The monoisotopic (exact) mass is 184 g/mol. The molecule has 1 fully saturated rings. The van der Waals surface area contributed by atoms with Crippen LogP contribution in [0.2, 0.25) is 0 Å². The lowest BCUT2D eigenvalue weighted by molar-refractivity contribution is -0.143. The van der Waals surface area contributed by atoms with Crippen molar-refractivity contribution in [3.63, 3.8) is 0 Å². The Labute approximate surface area is 79.8 Å². The molecule has 3 heteroatoms. The molecule has 1 saturated heterocycles. The summed E-state index contributed by atoms with van der Waals surface area (Å²) < 4.78 is 4.86. The van der Waals surface area contributed by atoms with Crippen LogP contribution in [-0.2, 0) is 9.53 Å². The molecule has 0 bridgehead atoms. The number of rotatable bonds is 4. The van der Waals surface area contributed by atoms with Crippen LogP contribution in [0.15, 0.2) is 0 Å². The molecule has 1 heterocycles. The molecule has 0 amide bonds. The van der Waals surface area contributed by atoms with Gasteiger partial charge in [0.1, 0.15) is 0 Å². The Morgan fingerprint density at radius 1 is 1.62 bits per heavy atom. The number of hydrogen-bond acceptors (Lipinski definition) is 2. The van der Waals surface area contributed by atoms with Crippen LogP contribution in [0.3, 0.4) is 0 Å². The first-order valence-corrected chi connectivity index (χ1v) is 5.11. The maximum absolute atomic E-state index is 11.0. The summed E-state index contributed by atoms with van der Waals surface area (Å²) in [7, 11) is 0. The van der Waals surface area contributed by atoms with E-state index >= 15 is 0 Å². The number of hydrogen-bond donors (Lipinski definition) is 0. The van der Waals surface area contributed by atoms with E-state index in [1.54, 1.807) is 0 Å². The van der Waals surface area contributed by atoms with Crippen molar-refractivity contribution in [2.24, 2.45) is 5.92 Å². The number of ether oxygens (including phenoxy) is 1. The molecule has 0 aromatic rings. The van der Waals surface area contributed by atoms with Crippen LogP contribution in [0.5, 0.6) is 0 Å². The van der Waals surface area contributed by atoms with Gasteiger partial charge >= 0.3 is 5.97 Å². The quantitative estimate of drug-likeness (QED) is 0.619. The van der Waals surface area contributed by atoms with Crippen LogP contribution in [-0.4, -0.2) is 25.7 Å². The lowest BCUT2D eigenvalue weighted by Crippen LogP contribution is -2.24. The van der Waals surface area contributed by atoms with Crippen molar-refractivity contribution < 1.29 is 9.53 Å². The number of esters is 1. The van der Waals surface area contributed by atoms with E-state index in [4.69, 9.17) is 4.74 Å². The van der Waals surface area contributed by atoms with E-state index in [0.717, 1.165) is 19.5 Å². The molecule has 0 N–H and O–H groups in total. The molecule has 0 saturated carbocycles. The second-order valence-corrected chi connectivity index (χ2v) is 3.48. The van der Waals surface area contributed by atoms with Gasteiger partial charge in [-0.1, -0.05) is 0 Å². The van der Waals surface area contributed by atoms with Crippen molar-refractivity contribution >= 4 is 5.97 Å². The van der Waals surface area contributed by atoms with Crippen LogP contribution < -0.4 is 5.32 Å². The van der Waals surface area contributed by atoms with Gasteiger partial charge in [-0.15, -0.1) is 0 Å². The van der Waals surface area contributed by atoms with E-state index in [0.29, 0.717) is 18.9 Å². The largest absolute Gasteiger partial charge is 0.466 e. The van der Waals surface area contributed by atoms with Gasteiger partial charge in [-0.3, -0.25) is 4.79 Å². The summed E-state index contributed by atoms with van der Waals surface area (Å²) in [5, 5.41) is 4.33. The minimum atomic E-state index is -0.0620. The van der Waals surface area contributed by atoms with Crippen LogP contribution >= 0.6 is 0 Å². The lowest BCUT2D eigenvalue weighted by Gasteiger charge is -2.20. The highest BCUT2D eigenvalue weighted by molar-refractivity contribution is 5.69. The Kier molecular flexibility index (Phi) is 4.83. The van der Waals surface area contributed by atoms with E-state index in [1.807, 2.05) is 6.92 Å². The van der Waals surface area contributed by atoms with Crippen molar-refractivity contribution in [1.82, 2.24) is 5.32 Å². The molecule has 1 rings (SSSR count). The zero-order valence-corrected chi connectivity index (χ0v) is 8.29. The number of carbonyl (C=O) groups is 1. The highest BCUT2D eigenvalue weighted by atomic mass is 16.5. The van der Waals surface area contributed by atoms with Gasteiger partial charge in [0.15, 0.2) is 0 Å². The molecule has 1 unspecified atom stereocenters. The molecule has 0 aromatic carbocycles. The maximum Gasteiger partial charge on any atom is 0.305 e. The molecular formula is C10H18NO2. The molecule has 0 aromatic heterocycles. The topological polar surface area (TPSA) is 40.4 Å². The van der Waals surface area contributed by atoms with Crippen LogP contribution in [0.4, 0.5) is 0 Å². The average molecular weight is 184 g/mol. The third-order valence-electron chi connectivity index (χ3n) is 2.38. The second-order valence-electron chi connectivity index (χ2n) is 3.48. The molecule has 1 aliphatic rings. The Morgan fingerprint density at radius 2 is 2.46 bits per heavy atom. The van der Waals surface area contributed by atoms with Crippen molar-refractivity contribution in [2.45, 2.75) is 32.6 Å². The predicted molar refractivity (Wildman–Crippen MR) is 50.5 cm³/mol. The molecule has 1 aliphatic heterocycles. The van der Waals surface area contributed by atoms with Gasteiger partial charge in [0.25, 0.3) is 0 Å².